The van der Waals surface area contributed by atoms with E-state index in [0.717, 1.165) is 45.7 Å². The molecule has 2 aliphatic rings. The molecule has 2 aromatic carbocycles. The topological polar surface area (TPSA) is 61.1 Å². The molecule has 0 saturated heterocycles. The van der Waals surface area contributed by atoms with E-state index < -0.39 is 0 Å². The van der Waals surface area contributed by atoms with Crippen LogP contribution in [0.2, 0.25) is 0 Å². The molecular formula is C21H19NO5. The molecule has 1 aromatic heterocycles. The Morgan fingerprint density at radius 2 is 1.85 bits per heavy atom. The normalized spacial score (nSPS) is 15.6. The van der Waals surface area contributed by atoms with Gasteiger partial charge in [0.05, 0.1) is 5.56 Å². The quantitative estimate of drug-likeness (QED) is 0.663. The Hall–Kier alpha value is -2.99. The van der Waals surface area contributed by atoms with E-state index in [1.54, 1.807) is 6.07 Å². The van der Waals surface area contributed by atoms with Gasteiger partial charge in [0.15, 0.2) is 11.5 Å². The molecule has 2 aliphatic heterocycles. The molecule has 3 heterocycles. The first-order valence-electron chi connectivity index (χ1n) is 9.03. The van der Waals surface area contributed by atoms with Crippen LogP contribution in [0, 0.1) is 0 Å². The summed E-state index contributed by atoms with van der Waals surface area (Å²) in [5.74, 6) is 2.33. The second kappa shape index (κ2) is 6.32. The predicted molar refractivity (Wildman–Crippen MR) is 99.2 cm³/mol. The molecule has 0 unspecified atom stereocenters. The highest BCUT2D eigenvalue weighted by Crippen LogP contribution is 2.35. The molecule has 3 aromatic rings. The second-order valence-corrected chi connectivity index (χ2v) is 6.81. The molecule has 5 rings (SSSR count). The molecule has 0 radical (unpaired) electrons. The van der Waals surface area contributed by atoms with Crippen molar-refractivity contribution in [1.82, 2.24) is 4.90 Å². The van der Waals surface area contributed by atoms with E-state index in [-0.39, 0.29) is 12.4 Å². The van der Waals surface area contributed by atoms with Gasteiger partial charge in [-0.15, -0.1) is 0 Å². The summed E-state index contributed by atoms with van der Waals surface area (Å²) < 4.78 is 22.3. The number of rotatable bonds is 3. The van der Waals surface area contributed by atoms with Crippen LogP contribution < -0.4 is 19.8 Å². The Morgan fingerprint density at radius 3 is 2.74 bits per heavy atom. The molecule has 0 spiro atoms. The Kier molecular flexibility index (Phi) is 3.79. The van der Waals surface area contributed by atoms with Gasteiger partial charge in [-0.2, -0.15) is 0 Å². The van der Waals surface area contributed by atoms with E-state index in [9.17, 15) is 4.79 Å². The van der Waals surface area contributed by atoms with Crippen molar-refractivity contribution in [3.05, 3.63) is 63.5 Å². The number of ether oxygens (including phenoxy) is 3. The highest BCUT2D eigenvalue weighted by molar-refractivity contribution is 5.85. The third-order valence-corrected chi connectivity index (χ3v) is 5.07. The molecule has 6 nitrogen and oxygen atoms in total. The maximum absolute atomic E-state index is 12.0. The van der Waals surface area contributed by atoms with Crippen molar-refractivity contribution < 1.29 is 18.6 Å². The molecule has 27 heavy (non-hydrogen) atoms. The average molecular weight is 365 g/mol. The summed E-state index contributed by atoms with van der Waals surface area (Å²) in [5.41, 5.74) is 3.35. The van der Waals surface area contributed by atoms with Crippen LogP contribution >= 0.6 is 0 Å². The van der Waals surface area contributed by atoms with Crippen molar-refractivity contribution >= 4 is 11.0 Å². The fourth-order valence-corrected chi connectivity index (χ4v) is 3.74. The fraction of sp³-hybridized carbons (Fsp3) is 0.286. The lowest BCUT2D eigenvalue weighted by Crippen LogP contribution is -2.31. The molecule has 0 aliphatic carbocycles. The smallest absolute Gasteiger partial charge is 0.336 e. The van der Waals surface area contributed by atoms with Crippen molar-refractivity contribution in [1.29, 1.82) is 0 Å². The number of fused-ring (bicyclic) bond motifs is 4. The van der Waals surface area contributed by atoms with Crippen molar-refractivity contribution in [2.75, 3.05) is 13.5 Å². The zero-order valence-electron chi connectivity index (χ0n) is 15.0. The fourth-order valence-electron chi connectivity index (χ4n) is 3.74. The SMILES string of the molecule is CCc1cc(=O)oc2c3c(ccc12)OCN(Cc1ccc2c(c1)OCO2)C3. The van der Waals surface area contributed by atoms with Crippen LogP contribution in [0.3, 0.4) is 0 Å². The minimum Gasteiger partial charge on any atom is -0.478 e. The Balaban J connectivity index is 1.48. The molecule has 6 heteroatoms. The van der Waals surface area contributed by atoms with Crippen molar-refractivity contribution in [2.24, 2.45) is 0 Å². The second-order valence-electron chi connectivity index (χ2n) is 6.81. The Morgan fingerprint density at radius 1 is 1.00 bits per heavy atom. The van der Waals surface area contributed by atoms with E-state index in [0.29, 0.717) is 25.4 Å². The summed E-state index contributed by atoms with van der Waals surface area (Å²) in [6.07, 6.45) is 0.780. The molecule has 138 valence electrons. The van der Waals surface area contributed by atoms with Gasteiger partial charge >= 0.3 is 5.63 Å². The first-order valence-corrected chi connectivity index (χ1v) is 9.03. The largest absolute Gasteiger partial charge is 0.478 e. The molecule has 0 fully saturated rings. The van der Waals surface area contributed by atoms with Crippen LogP contribution in [0.5, 0.6) is 17.2 Å². The van der Waals surface area contributed by atoms with E-state index in [1.165, 1.54) is 0 Å². The Bertz CT molecular complexity index is 1090. The van der Waals surface area contributed by atoms with Gasteiger partial charge in [0.1, 0.15) is 18.1 Å². The highest BCUT2D eigenvalue weighted by Gasteiger charge is 2.23. The predicted octanol–water partition coefficient (Wildman–Crippen LogP) is 3.44. The number of hydrogen-bond donors (Lipinski definition) is 0. The van der Waals surface area contributed by atoms with Gasteiger partial charge in [0.25, 0.3) is 0 Å². The third-order valence-electron chi connectivity index (χ3n) is 5.07. The summed E-state index contributed by atoms with van der Waals surface area (Å²) in [5, 5.41) is 0.976. The highest BCUT2D eigenvalue weighted by atomic mass is 16.7. The van der Waals surface area contributed by atoms with E-state index in [2.05, 4.69) is 4.90 Å². The van der Waals surface area contributed by atoms with Gasteiger partial charge in [-0.3, -0.25) is 4.90 Å². The average Bonchev–Trinajstić information content (AvgIpc) is 3.15. The molecule has 0 amide bonds. The van der Waals surface area contributed by atoms with Gasteiger partial charge in [0, 0.05) is 24.5 Å². The van der Waals surface area contributed by atoms with Gasteiger partial charge in [-0.05, 0) is 41.8 Å². The first kappa shape index (κ1) is 16.2. The maximum Gasteiger partial charge on any atom is 0.336 e. The van der Waals surface area contributed by atoms with Gasteiger partial charge in [0.2, 0.25) is 6.79 Å². The van der Waals surface area contributed by atoms with Crippen LogP contribution in [-0.4, -0.2) is 18.4 Å². The lowest BCUT2D eigenvalue weighted by atomic mass is 10.0. The number of hydrogen-bond acceptors (Lipinski definition) is 6. The van der Waals surface area contributed by atoms with Crippen LogP contribution in [0.4, 0.5) is 0 Å². The van der Waals surface area contributed by atoms with Crippen LogP contribution in [0.15, 0.2) is 45.6 Å². The van der Waals surface area contributed by atoms with Crippen LogP contribution in [0.25, 0.3) is 11.0 Å². The van der Waals surface area contributed by atoms with E-state index >= 15 is 0 Å². The lowest BCUT2D eigenvalue weighted by molar-refractivity contribution is 0.0889. The number of benzene rings is 2. The summed E-state index contributed by atoms with van der Waals surface area (Å²) in [6, 6.07) is 11.5. The molecule has 0 atom stereocenters. The monoisotopic (exact) mass is 365 g/mol. The zero-order chi connectivity index (χ0) is 18.4. The molecule has 0 saturated carbocycles. The minimum atomic E-state index is -0.319. The molecule has 0 N–H and O–H groups in total. The van der Waals surface area contributed by atoms with Gasteiger partial charge in [-0.1, -0.05) is 13.0 Å². The van der Waals surface area contributed by atoms with Crippen LogP contribution in [-0.2, 0) is 19.5 Å². The zero-order valence-corrected chi connectivity index (χ0v) is 15.0. The first-order chi connectivity index (χ1) is 13.2. The Labute approximate surface area is 155 Å². The summed E-state index contributed by atoms with van der Waals surface area (Å²) in [7, 11) is 0. The summed E-state index contributed by atoms with van der Waals surface area (Å²) in [6.45, 7) is 4.13. The number of nitrogens with zero attached hydrogens (tertiary/aromatic N) is 1. The van der Waals surface area contributed by atoms with Crippen LogP contribution in [0.1, 0.15) is 23.6 Å². The number of aryl methyl sites for hydroxylation is 1. The van der Waals surface area contributed by atoms with Crippen molar-refractivity contribution in [3.63, 3.8) is 0 Å². The lowest BCUT2D eigenvalue weighted by Gasteiger charge is -2.29. The minimum absolute atomic E-state index is 0.268. The maximum atomic E-state index is 12.0. The van der Waals surface area contributed by atoms with E-state index in [4.69, 9.17) is 18.6 Å². The van der Waals surface area contributed by atoms with Gasteiger partial charge in [-0.25, -0.2) is 4.79 Å². The molecular weight excluding hydrogens is 346 g/mol. The van der Waals surface area contributed by atoms with Crippen molar-refractivity contribution in [3.8, 4) is 17.2 Å². The van der Waals surface area contributed by atoms with Gasteiger partial charge < -0.3 is 18.6 Å². The third kappa shape index (κ3) is 2.82. The standard InChI is InChI=1S/C21H19NO5/c1-2-14-8-20(23)27-21-15(14)4-6-17-16(21)10-22(11-24-17)9-13-3-5-18-19(7-13)26-12-25-18/h3-8H,2,9-12H2,1H3. The summed E-state index contributed by atoms with van der Waals surface area (Å²) in [4.78, 5) is 14.1. The van der Waals surface area contributed by atoms with E-state index in [1.807, 2.05) is 37.3 Å². The molecule has 0 bridgehead atoms. The van der Waals surface area contributed by atoms with Crippen molar-refractivity contribution in [2.45, 2.75) is 26.4 Å². The summed E-state index contributed by atoms with van der Waals surface area (Å²) >= 11 is 0.